The van der Waals surface area contributed by atoms with E-state index in [1.807, 2.05) is 17.8 Å². The van der Waals surface area contributed by atoms with Gasteiger partial charge in [0.05, 0.1) is 29.7 Å². The maximum Gasteiger partial charge on any atom is 0.416 e. The Kier molecular flexibility index (Phi) is 5.36. The van der Waals surface area contributed by atoms with E-state index in [1.54, 1.807) is 18.5 Å². The highest BCUT2D eigenvalue weighted by Gasteiger charge is 2.30. The molecule has 3 aromatic rings. The zero-order valence-corrected chi connectivity index (χ0v) is 16.1. The molecule has 1 fully saturated rings. The quantitative estimate of drug-likeness (QED) is 0.655. The molecule has 0 N–H and O–H groups in total. The smallest absolute Gasteiger partial charge is 0.337 e. The minimum Gasteiger partial charge on any atom is -0.337 e. The van der Waals surface area contributed by atoms with Gasteiger partial charge in [-0.05, 0) is 31.5 Å². The Bertz CT molecular complexity index is 982. The lowest BCUT2D eigenvalue weighted by Crippen LogP contribution is -2.35. The maximum absolute atomic E-state index is 13.0. The van der Waals surface area contributed by atoms with Crippen LogP contribution in [0.1, 0.15) is 35.8 Å². The van der Waals surface area contributed by atoms with E-state index in [0.29, 0.717) is 11.3 Å². The summed E-state index contributed by atoms with van der Waals surface area (Å²) in [6.45, 7) is 2.58. The summed E-state index contributed by atoms with van der Waals surface area (Å²) in [5.74, 6) is 1.21. The molecule has 0 saturated carbocycles. The molecule has 2 aromatic heterocycles. The molecule has 1 atom stereocenters. The van der Waals surface area contributed by atoms with Crippen molar-refractivity contribution in [3.8, 4) is 11.3 Å². The standard InChI is InChI=1S/C21H22F3N5/c1-28-9-7-26-20(28)14-29-8-3-5-16(13-29)19-12-25-11-18(27-19)15-4-2-6-17(10-15)21(22,23)24/h2,4,6-7,9-12,16H,3,5,8,13-14H2,1H3. The predicted octanol–water partition coefficient (Wildman–Crippen LogP) is 4.28. The number of nitrogens with zero attached hydrogens (tertiary/aromatic N) is 5. The number of hydrogen-bond donors (Lipinski definition) is 0. The normalized spacial score (nSPS) is 18.1. The van der Waals surface area contributed by atoms with Crippen molar-refractivity contribution >= 4 is 0 Å². The first kappa shape index (κ1) is 19.6. The van der Waals surface area contributed by atoms with Gasteiger partial charge in [-0.15, -0.1) is 0 Å². The first-order chi connectivity index (χ1) is 13.9. The number of benzene rings is 1. The van der Waals surface area contributed by atoms with Crippen LogP contribution in [-0.2, 0) is 19.8 Å². The number of piperidine rings is 1. The van der Waals surface area contributed by atoms with Crippen molar-refractivity contribution in [2.45, 2.75) is 31.5 Å². The van der Waals surface area contributed by atoms with Gasteiger partial charge in [-0.25, -0.2) is 9.97 Å². The lowest BCUT2D eigenvalue weighted by molar-refractivity contribution is -0.137. The summed E-state index contributed by atoms with van der Waals surface area (Å²) in [6.07, 6.45) is 4.61. The van der Waals surface area contributed by atoms with E-state index in [0.717, 1.165) is 56.1 Å². The van der Waals surface area contributed by atoms with Gasteiger partial charge in [-0.1, -0.05) is 12.1 Å². The molecule has 1 aliphatic rings. The van der Waals surface area contributed by atoms with Gasteiger partial charge >= 0.3 is 6.18 Å². The van der Waals surface area contributed by atoms with Crippen molar-refractivity contribution in [1.82, 2.24) is 24.4 Å². The monoisotopic (exact) mass is 401 g/mol. The Morgan fingerprint density at radius 1 is 1.21 bits per heavy atom. The van der Waals surface area contributed by atoms with Crippen LogP contribution in [-0.4, -0.2) is 37.5 Å². The highest BCUT2D eigenvalue weighted by Crippen LogP contribution is 2.32. The number of aryl methyl sites for hydroxylation is 1. The van der Waals surface area contributed by atoms with Crippen molar-refractivity contribution < 1.29 is 13.2 Å². The maximum atomic E-state index is 13.0. The molecule has 0 bridgehead atoms. The van der Waals surface area contributed by atoms with Crippen molar-refractivity contribution in [3.05, 3.63) is 66.1 Å². The Labute approximate surface area is 167 Å². The summed E-state index contributed by atoms with van der Waals surface area (Å²) in [4.78, 5) is 15.7. The Balaban J connectivity index is 1.53. The van der Waals surface area contributed by atoms with Gasteiger partial charge in [0.2, 0.25) is 0 Å². The van der Waals surface area contributed by atoms with Crippen LogP contribution in [0.25, 0.3) is 11.3 Å². The second-order valence-electron chi connectivity index (χ2n) is 7.44. The third-order valence-electron chi connectivity index (χ3n) is 5.35. The van der Waals surface area contributed by atoms with Gasteiger partial charge in [0.15, 0.2) is 0 Å². The highest BCUT2D eigenvalue weighted by atomic mass is 19.4. The van der Waals surface area contributed by atoms with Gasteiger partial charge in [0.1, 0.15) is 5.82 Å². The molecule has 152 valence electrons. The third kappa shape index (κ3) is 4.48. The van der Waals surface area contributed by atoms with Crippen LogP contribution < -0.4 is 0 Å². The van der Waals surface area contributed by atoms with Crippen LogP contribution in [0, 0.1) is 0 Å². The minimum absolute atomic E-state index is 0.197. The average molecular weight is 401 g/mol. The van der Waals surface area contributed by atoms with Crippen LogP contribution in [0.5, 0.6) is 0 Å². The molecular weight excluding hydrogens is 379 g/mol. The SMILES string of the molecule is Cn1ccnc1CN1CCCC(c2cncc(-c3cccc(C(F)(F)F)c3)n2)C1. The minimum atomic E-state index is -4.38. The van der Waals surface area contributed by atoms with Crippen LogP contribution in [0.15, 0.2) is 49.1 Å². The molecule has 0 amide bonds. The summed E-state index contributed by atoms with van der Waals surface area (Å²) in [5, 5.41) is 0. The van der Waals surface area contributed by atoms with Crippen LogP contribution in [0.4, 0.5) is 13.2 Å². The average Bonchev–Trinajstić information content (AvgIpc) is 3.12. The molecule has 1 aromatic carbocycles. The number of likely N-dealkylation sites (tertiary alicyclic amines) is 1. The largest absolute Gasteiger partial charge is 0.416 e. The molecule has 0 spiro atoms. The first-order valence-electron chi connectivity index (χ1n) is 9.58. The molecule has 0 radical (unpaired) electrons. The summed E-state index contributed by atoms with van der Waals surface area (Å²) in [5.41, 5.74) is 1.04. The number of rotatable bonds is 4. The topological polar surface area (TPSA) is 46.8 Å². The molecular formula is C21H22F3N5. The molecule has 1 aliphatic heterocycles. The Morgan fingerprint density at radius 2 is 2.07 bits per heavy atom. The summed E-state index contributed by atoms with van der Waals surface area (Å²) in [6, 6.07) is 5.23. The lowest BCUT2D eigenvalue weighted by Gasteiger charge is -2.32. The van der Waals surface area contributed by atoms with Crippen molar-refractivity contribution in [3.63, 3.8) is 0 Å². The number of imidazole rings is 1. The molecule has 4 rings (SSSR count). The molecule has 8 heteroatoms. The molecule has 5 nitrogen and oxygen atoms in total. The molecule has 1 unspecified atom stereocenters. The van der Waals surface area contributed by atoms with Gasteiger partial charge in [-0.3, -0.25) is 9.88 Å². The molecule has 3 heterocycles. The number of halogens is 3. The fourth-order valence-electron chi connectivity index (χ4n) is 3.76. The third-order valence-corrected chi connectivity index (χ3v) is 5.35. The number of hydrogen-bond acceptors (Lipinski definition) is 4. The van der Waals surface area contributed by atoms with Gasteiger partial charge in [0, 0.05) is 43.7 Å². The number of aromatic nitrogens is 4. The van der Waals surface area contributed by atoms with Crippen LogP contribution in [0.2, 0.25) is 0 Å². The lowest BCUT2D eigenvalue weighted by atomic mass is 9.94. The fourth-order valence-corrected chi connectivity index (χ4v) is 3.76. The van der Waals surface area contributed by atoms with E-state index >= 15 is 0 Å². The van der Waals surface area contributed by atoms with Crippen molar-refractivity contribution in [2.75, 3.05) is 13.1 Å². The summed E-state index contributed by atoms with van der Waals surface area (Å²) < 4.78 is 41.1. The molecule has 1 saturated heterocycles. The first-order valence-corrected chi connectivity index (χ1v) is 9.58. The Hall–Kier alpha value is -2.74. The van der Waals surface area contributed by atoms with E-state index in [4.69, 9.17) is 0 Å². The molecule has 29 heavy (non-hydrogen) atoms. The van der Waals surface area contributed by atoms with E-state index in [2.05, 4.69) is 19.9 Å². The van der Waals surface area contributed by atoms with Crippen LogP contribution >= 0.6 is 0 Å². The fraction of sp³-hybridized carbons (Fsp3) is 0.381. The zero-order valence-electron chi connectivity index (χ0n) is 16.1. The van der Waals surface area contributed by atoms with Crippen molar-refractivity contribution in [1.29, 1.82) is 0 Å². The van der Waals surface area contributed by atoms with E-state index in [1.165, 1.54) is 12.3 Å². The zero-order chi connectivity index (χ0) is 20.4. The van der Waals surface area contributed by atoms with Crippen molar-refractivity contribution in [2.24, 2.45) is 7.05 Å². The summed E-state index contributed by atoms with van der Waals surface area (Å²) >= 11 is 0. The van der Waals surface area contributed by atoms with Gasteiger partial charge in [-0.2, -0.15) is 13.2 Å². The second-order valence-corrected chi connectivity index (χ2v) is 7.44. The molecule has 0 aliphatic carbocycles. The van der Waals surface area contributed by atoms with Gasteiger partial charge in [0.25, 0.3) is 0 Å². The van der Waals surface area contributed by atoms with Gasteiger partial charge < -0.3 is 4.57 Å². The number of alkyl halides is 3. The predicted molar refractivity (Wildman–Crippen MR) is 103 cm³/mol. The second kappa shape index (κ2) is 7.94. The summed E-state index contributed by atoms with van der Waals surface area (Å²) in [7, 11) is 1.98. The van der Waals surface area contributed by atoms with Crippen LogP contribution in [0.3, 0.4) is 0 Å². The van der Waals surface area contributed by atoms with E-state index < -0.39 is 11.7 Å². The highest BCUT2D eigenvalue weighted by molar-refractivity contribution is 5.59. The van der Waals surface area contributed by atoms with E-state index in [-0.39, 0.29) is 5.92 Å². The van der Waals surface area contributed by atoms with E-state index in [9.17, 15) is 13.2 Å². The Morgan fingerprint density at radius 3 is 2.83 bits per heavy atom.